The third-order valence-corrected chi connectivity index (χ3v) is 2.62. The van der Waals surface area contributed by atoms with Crippen LogP contribution in [0.25, 0.3) is 0 Å². The molecule has 1 rings (SSSR count). The molecule has 0 saturated carbocycles. The van der Waals surface area contributed by atoms with E-state index in [2.05, 4.69) is 13.8 Å². The van der Waals surface area contributed by atoms with Gasteiger partial charge in [0, 0.05) is 26.1 Å². The molecule has 0 atom stereocenters. The van der Waals surface area contributed by atoms with E-state index in [1.807, 2.05) is 4.90 Å². The normalized spacial score (nSPS) is 17.9. The van der Waals surface area contributed by atoms with E-state index in [-0.39, 0.29) is 5.91 Å². The van der Waals surface area contributed by atoms with E-state index < -0.39 is 0 Å². The van der Waals surface area contributed by atoms with Crippen LogP contribution >= 0.6 is 0 Å². The highest BCUT2D eigenvalue weighted by Crippen LogP contribution is 2.16. The molecule has 0 aromatic heterocycles. The van der Waals surface area contributed by atoms with Crippen molar-refractivity contribution in [1.29, 1.82) is 0 Å². The zero-order chi connectivity index (χ0) is 9.84. The average Bonchev–Trinajstić information content (AvgIpc) is 2.10. The molecule has 0 radical (unpaired) electrons. The summed E-state index contributed by atoms with van der Waals surface area (Å²) < 4.78 is 0. The van der Waals surface area contributed by atoms with Gasteiger partial charge in [-0.05, 0) is 20.3 Å². The molecule has 1 heterocycles. The van der Waals surface area contributed by atoms with E-state index in [1.54, 1.807) is 0 Å². The van der Waals surface area contributed by atoms with Crippen molar-refractivity contribution in [3.05, 3.63) is 11.1 Å². The van der Waals surface area contributed by atoms with Gasteiger partial charge in [0.05, 0.1) is 0 Å². The Morgan fingerprint density at radius 2 is 2.15 bits per heavy atom. The topological polar surface area (TPSA) is 46.3 Å². The lowest BCUT2D eigenvalue weighted by molar-refractivity contribution is -0.130. The Balaban J connectivity index is 2.53. The van der Waals surface area contributed by atoms with Gasteiger partial charge in [-0.3, -0.25) is 4.79 Å². The van der Waals surface area contributed by atoms with Crippen molar-refractivity contribution in [3.8, 4) is 0 Å². The fraction of sp³-hybridized carbons (Fsp3) is 0.700. The fourth-order valence-corrected chi connectivity index (χ4v) is 1.51. The van der Waals surface area contributed by atoms with Gasteiger partial charge in [-0.2, -0.15) is 0 Å². The second-order valence-electron chi connectivity index (χ2n) is 3.66. The van der Waals surface area contributed by atoms with Gasteiger partial charge in [0.1, 0.15) is 0 Å². The number of carbonyl (C=O) groups excluding carboxylic acids is 1. The molecule has 0 aromatic carbocycles. The van der Waals surface area contributed by atoms with Crippen LogP contribution in [0, 0.1) is 0 Å². The first-order valence-electron chi connectivity index (χ1n) is 4.78. The van der Waals surface area contributed by atoms with Gasteiger partial charge < -0.3 is 10.6 Å². The Morgan fingerprint density at radius 3 is 2.69 bits per heavy atom. The lowest BCUT2D eigenvalue weighted by Gasteiger charge is -2.28. The van der Waals surface area contributed by atoms with Crippen molar-refractivity contribution in [3.63, 3.8) is 0 Å². The highest BCUT2D eigenvalue weighted by Gasteiger charge is 2.17. The van der Waals surface area contributed by atoms with Crippen LogP contribution in [-0.4, -0.2) is 30.4 Å². The molecule has 3 nitrogen and oxygen atoms in total. The minimum absolute atomic E-state index is 0.189. The van der Waals surface area contributed by atoms with Crippen molar-refractivity contribution in [1.82, 2.24) is 4.90 Å². The van der Waals surface area contributed by atoms with E-state index in [0.717, 1.165) is 19.5 Å². The Morgan fingerprint density at radius 1 is 1.46 bits per heavy atom. The molecule has 74 valence electrons. The maximum absolute atomic E-state index is 11.5. The molecule has 0 aliphatic carbocycles. The summed E-state index contributed by atoms with van der Waals surface area (Å²) >= 11 is 0. The first-order valence-corrected chi connectivity index (χ1v) is 4.78. The lowest BCUT2D eigenvalue weighted by Crippen LogP contribution is -2.37. The number of nitrogens with zero attached hydrogens (tertiary/aromatic N) is 1. The van der Waals surface area contributed by atoms with E-state index in [1.165, 1.54) is 11.1 Å². The minimum Gasteiger partial charge on any atom is -0.338 e. The Hall–Kier alpha value is -0.830. The van der Waals surface area contributed by atoms with Gasteiger partial charge in [-0.15, -0.1) is 0 Å². The summed E-state index contributed by atoms with van der Waals surface area (Å²) in [6, 6.07) is 0. The van der Waals surface area contributed by atoms with Gasteiger partial charge in [-0.1, -0.05) is 11.1 Å². The lowest BCUT2D eigenvalue weighted by atomic mass is 10.0. The van der Waals surface area contributed by atoms with Gasteiger partial charge in [0.2, 0.25) is 5.91 Å². The fourth-order valence-electron chi connectivity index (χ4n) is 1.51. The van der Waals surface area contributed by atoms with Crippen molar-refractivity contribution >= 4 is 5.91 Å². The van der Waals surface area contributed by atoms with Gasteiger partial charge in [-0.25, -0.2) is 0 Å². The van der Waals surface area contributed by atoms with Crippen molar-refractivity contribution in [2.45, 2.75) is 26.7 Å². The van der Waals surface area contributed by atoms with Gasteiger partial charge in [0.15, 0.2) is 0 Å². The van der Waals surface area contributed by atoms with Crippen LogP contribution in [0.2, 0.25) is 0 Å². The summed E-state index contributed by atoms with van der Waals surface area (Å²) in [5, 5.41) is 0. The molecule has 1 amide bonds. The number of hydrogen-bond donors (Lipinski definition) is 1. The van der Waals surface area contributed by atoms with Crippen molar-refractivity contribution in [2.24, 2.45) is 5.73 Å². The molecule has 1 aliphatic heterocycles. The van der Waals surface area contributed by atoms with E-state index >= 15 is 0 Å². The second kappa shape index (κ2) is 4.42. The third kappa shape index (κ3) is 2.56. The molecule has 0 fully saturated rings. The summed E-state index contributed by atoms with van der Waals surface area (Å²) in [6.07, 6.45) is 1.49. The SMILES string of the molecule is CC1=C(C)CN(C(=O)CCN)CC1. The average molecular weight is 182 g/mol. The van der Waals surface area contributed by atoms with Crippen molar-refractivity contribution in [2.75, 3.05) is 19.6 Å². The molecular formula is C10H18N2O. The second-order valence-corrected chi connectivity index (χ2v) is 3.66. The third-order valence-electron chi connectivity index (χ3n) is 2.62. The molecular weight excluding hydrogens is 164 g/mol. The van der Waals surface area contributed by atoms with Crippen LogP contribution in [0.1, 0.15) is 26.7 Å². The number of nitrogens with two attached hydrogens (primary N) is 1. The number of carbonyl (C=O) groups is 1. The van der Waals surface area contributed by atoms with Crippen LogP contribution in [0.3, 0.4) is 0 Å². The quantitative estimate of drug-likeness (QED) is 0.645. The molecule has 0 saturated heterocycles. The van der Waals surface area contributed by atoms with E-state index in [4.69, 9.17) is 5.73 Å². The summed E-state index contributed by atoms with van der Waals surface area (Å²) in [5.41, 5.74) is 8.10. The van der Waals surface area contributed by atoms with Crippen molar-refractivity contribution < 1.29 is 4.79 Å². The summed E-state index contributed by atoms with van der Waals surface area (Å²) in [5.74, 6) is 0.189. The predicted molar refractivity (Wildman–Crippen MR) is 53.2 cm³/mol. The molecule has 0 aromatic rings. The minimum atomic E-state index is 0.189. The van der Waals surface area contributed by atoms with Gasteiger partial charge >= 0.3 is 0 Å². The number of rotatable bonds is 2. The summed E-state index contributed by atoms with van der Waals surface area (Å²) in [4.78, 5) is 13.4. The monoisotopic (exact) mass is 182 g/mol. The molecule has 0 bridgehead atoms. The number of amides is 1. The molecule has 1 aliphatic rings. The van der Waals surface area contributed by atoms with E-state index in [9.17, 15) is 4.79 Å². The molecule has 2 N–H and O–H groups in total. The smallest absolute Gasteiger partial charge is 0.224 e. The first kappa shape index (κ1) is 10.3. The predicted octanol–water partition coefficient (Wildman–Crippen LogP) is 0.904. The van der Waals surface area contributed by atoms with Crippen LogP contribution in [0.5, 0.6) is 0 Å². The Kier molecular flexibility index (Phi) is 3.48. The van der Waals surface area contributed by atoms with Gasteiger partial charge in [0.25, 0.3) is 0 Å². The standard InChI is InChI=1S/C10H18N2O/c1-8-4-6-12(7-9(8)2)10(13)3-5-11/h3-7,11H2,1-2H3. The Bertz CT molecular complexity index is 233. The van der Waals surface area contributed by atoms with Crippen LogP contribution in [0.4, 0.5) is 0 Å². The van der Waals surface area contributed by atoms with Crippen LogP contribution in [0.15, 0.2) is 11.1 Å². The molecule has 0 spiro atoms. The molecule has 3 heteroatoms. The maximum Gasteiger partial charge on any atom is 0.224 e. The molecule has 0 unspecified atom stereocenters. The first-order chi connectivity index (χ1) is 6.15. The van der Waals surface area contributed by atoms with Crippen LogP contribution < -0.4 is 5.73 Å². The van der Waals surface area contributed by atoms with E-state index in [0.29, 0.717) is 13.0 Å². The maximum atomic E-state index is 11.5. The number of hydrogen-bond acceptors (Lipinski definition) is 2. The van der Waals surface area contributed by atoms with Crippen LogP contribution in [-0.2, 0) is 4.79 Å². The molecule has 13 heavy (non-hydrogen) atoms. The zero-order valence-corrected chi connectivity index (χ0v) is 8.47. The summed E-state index contributed by atoms with van der Waals surface area (Å²) in [6.45, 7) is 6.35. The zero-order valence-electron chi connectivity index (χ0n) is 8.47. The summed E-state index contributed by atoms with van der Waals surface area (Å²) in [7, 11) is 0. The largest absolute Gasteiger partial charge is 0.338 e. The highest BCUT2D eigenvalue weighted by molar-refractivity contribution is 5.76. The Labute approximate surface area is 79.6 Å². The highest BCUT2D eigenvalue weighted by atomic mass is 16.2.